The molecular formula is C18H20N4O3. The van der Waals surface area contributed by atoms with Crippen LogP contribution < -0.4 is 10.6 Å². The Kier molecular flexibility index (Phi) is 5.13. The number of hydrogen-bond acceptors (Lipinski definition) is 3. The summed E-state index contributed by atoms with van der Waals surface area (Å²) in [6.07, 6.45) is 1.69. The van der Waals surface area contributed by atoms with E-state index in [1.165, 1.54) is 12.1 Å². The molecule has 0 atom stereocenters. The monoisotopic (exact) mass is 340 g/mol. The van der Waals surface area contributed by atoms with Crippen molar-refractivity contribution in [1.29, 1.82) is 5.26 Å². The van der Waals surface area contributed by atoms with Crippen molar-refractivity contribution in [3.05, 3.63) is 53.2 Å². The molecule has 130 valence electrons. The summed E-state index contributed by atoms with van der Waals surface area (Å²) in [6.45, 7) is 6.18. The summed E-state index contributed by atoms with van der Waals surface area (Å²) < 4.78 is 1.83. The molecule has 2 aromatic rings. The molecule has 2 rings (SSSR count). The van der Waals surface area contributed by atoms with E-state index in [0.717, 1.165) is 5.56 Å². The van der Waals surface area contributed by atoms with Crippen molar-refractivity contribution < 1.29 is 14.7 Å². The van der Waals surface area contributed by atoms with Crippen molar-refractivity contribution in [1.82, 2.24) is 9.88 Å². The van der Waals surface area contributed by atoms with Crippen LogP contribution in [0.2, 0.25) is 0 Å². The van der Waals surface area contributed by atoms with Crippen LogP contribution in [0.25, 0.3) is 0 Å². The minimum atomic E-state index is -0.992. The van der Waals surface area contributed by atoms with Crippen LogP contribution in [0.5, 0.6) is 0 Å². The molecule has 25 heavy (non-hydrogen) atoms. The van der Waals surface area contributed by atoms with Gasteiger partial charge in [-0.1, -0.05) is 12.1 Å². The highest BCUT2D eigenvalue weighted by Crippen LogP contribution is 2.23. The van der Waals surface area contributed by atoms with E-state index in [1.54, 1.807) is 24.4 Å². The molecule has 7 heteroatoms. The lowest BCUT2D eigenvalue weighted by atomic mass is 10.1. The van der Waals surface area contributed by atoms with E-state index < -0.39 is 12.0 Å². The van der Waals surface area contributed by atoms with Crippen LogP contribution in [0.1, 0.15) is 42.3 Å². The second-order valence-corrected chi connectivity index (χ2v) is 6.58. The van der Waals surface area contributed by atoms with Gasteiger partial charge in [0.1, 0.15) is 11.9 Å². The molecule has 0 bridgehead atoms. The fraction of sp³-hybridized carbons (Fsp3) is 0.278. The first-order valence-corrected chi connectivity index (χ1v) is 7.71. The van der Waals surface area contributed by atoms with E-state index in [-0.39, 0.29) is 17.6 Å². The zero-order chi connectivity index (χ0) is 18.6. The van der Waals surface area contributed by atoms with Gasteiger partial charge in [0, 0.05) is 18.3 Å². The number of carboxylic acid groups (broad SMARTS) is 1. The summed E-state index contributed by atoms with van der Waals surface area (Å²) in [4.78, 5) is 22.9. The average Bonchev–Trinajstić information content (AvgIpc) is 2.96. The molecule has 0 fully saturated rings. The van der Waals surface area contributed by atoms with Crippen LogP contribution in [0, 0.1) is 11.3 Å². The largest absolute Gasteiger partial charge is 0.478 e. The van der Waals surface area contributed by atoms with Crippen molar-refractivity contribution >= 4 is 17.8 Å². The number of nitrogens with zero attached hydrogens (tertiary/aromatic N) is 2. The summed E-state index contributed by atoms with van der Waals surface area (Å²) in [6, 6.07) is 9.55. The molecule has 7 nitrogen and oxygen atoms in total. The van der Waals surface area contributed by atoms with E-state index in [1.807, 2.05) is 25.3 Å². The van der Waals surface area contributed by atoms with Gasteiger partial charge in [-0.15, -0.1) is 0 Å². The molecule has 0 unspecified atom stereocenters. The number of benzene rings is 1. The normalized spacial score (nSPS) is 10.8. The number of anilines is 1. The Morgan fingerprint density at radius 3 is 2.40 bits per heavy atom. The number of nitriles is 1. The number of rotatable bonds is 4. The van der Waals surface area contributed by atoms with Gasteiger partial charge in [-0.25, -0.2) is 9.59 Å². The van der Waals surface area contributed by atoms with Crippen LogP contribution in [0.3, 0.4) is 0 Å². The van der Waals surface area contributed by atoms with Crippen molar-refractivity contribution in [2.45, 2.75) is 32.9 Å². The minimum Gasteiger partial charge on any atom is -0.478 e. The molecule has 2 amide bonds. The van der Waals surface area contributed by atoms with Gasteiger partial charge in [-0.3, -0.25) is 5.32 Å². The second kappa shape index (κ2) is 7.09. The Morgan fingerprint density at radius 1 is 1.24 bits per heavy atom. The number of aromatic carboxylic acids is 1. The zero-order valence-electron chi connectivity index (χ0n) is 14.3. The van der Waals surface area contributed by atoms with Gasteiger partial charge in [-0.2, -0.15) is 5.26 Å². The van der Waals surface area contributed by atoms with Crippen molar-refractivity contribution in [3.63, 3.8) is 0 Å². The van der Waals surface area contributed by atoms with Gasteiger partial charge in [-0.05, 0) is 44.5 Å². The van der Waals surface area contributed by atoms with Gasteiger partial charge >= 0.3 is 12.0 Å². The molecule has 1 aromatic heterocycles. The minimum absolute atomic E-state index is 0.195. The number of carbonyl (C=O) groups is 2. The van der Waals surface area contributed by atoms with Crippen molar-refractivity contribution in [2.75, 3.05) is 5.32 Å². The van der Waals surface area contributed by atoms with E-state index in [2.05, 4.69) is 16.7 Å². The third-order valence-corrected chi connectivity index (χ3v) is 3.57. The molecular weight excluding hydrogens is 320 g/mol. The maximum Gasteiger partial charge on any atom is 0.335 e. The number of amides is 2. The quantitative estimate of drug-likeness (QED) is 0.794. The molecule has 0 aliphatic heterocycles. The van der Waals surface area contributed by atoms with Gasteiger partial charge in [0.2, 0.25) is 0 Å². The van der Waals surface area contributed by atoms with Gasteiger partial charge < -0.3 is 15.0 Å². The highest BCUT2D eigenvalue weighted by atomic mass is 16.4. The third kappa shape index (κ3) is 4.61. The Morgan fingerprint density at radius 2 is 1.88 bits per heavy atom. The summed E-state index contributed by atoms with van der Waals surface area (Å²) in [7, 11) is 0. The Labute approximate surface area is 145 Å². The lowest BCUT2D eigenvalue weighted by Gasteiger charge is -2.24. The Bertz CT molecular complexity index is 823. The maximum atomic E-state index is 12.1. The number of urea groups is 1. The standard InChI is InChI=1S/C18H20N4O3/c1-18(2,3)22-11-13(9-19)8-15(22)21-17(25)20-10-12-4-6-14(7-5-12)16(23)24/h4-8,11H,10H2,1-3H3,(H,23,24)(H2,20,21,25). The zero-order valence-corrected chi connectivity index (χ0v) is 14.3. The molecule has 0 radical (unpaired) electrons. The molecule has 1 aromatic carbocycles. The summed E-state index contributed by atoms with van der Waals surface area (Å²) in [5.41, 5.74) is 1.16. The number of carboxylic acids is 1. The second-order valence-electron chi connectivity index (χ2n) is 6.58. The van der Waals surface area contributed by atoms with Gasteiger partial charge in [0.15, 0.2) is 0 Å². The predicted octanol–water partition coefficient (Wildman–Crippen LogP) is 3.13. The fourth-order valence-corrected chi connectivity index (χ4v) is 2.28. The molecule has 0 aliphatic carbocycles. The van der Waals surface area contributed by atoms with Crippen LogP contribution in [0.15, 0.2) is 36.5 Å². The van der Waals surface area contributed by atoms with Crippen molar-refractivity contribution in [2.24, 2.45) is 0 Å². The summed E-state index contributed by atoms with van der Waals surface area (Å²) in [5, 5.41) is 23.4. The molecule has 3 N–H and O–H groups in total. The van der Waals surface area contributed by atoms with Crippen LogP contribution in [0.4, 0.5) is 10.6 Å². The Balaban J connectivity index is 2.02. The van der Waals surface area contributed by atoms with Crippen molar-refractivity contribution in [3.8, 4) is 6.07 Å². The van der Waals surface area contributed by atoms with Crippen LogP contribution in [-0.4, -0.2) is 21.7 Å². The van der Waals surface area contributed by atoms with E-state index in [4.69, 9.17) is 10.4 Å². The maximum absolute atomic E-state index is 12.1. The number of hydrogen-bond donors (Lipinski definition) is 3. The topological polar surface area (TPSA) is 107 Å². The van der Waals surface area contributed by atoms with E-state index in [0.29, 0.717) is 11.4 Å². The third-order valence-electron chi connectivity index (χ3n) is 3.57. The van der Waals surface area contributed by atoms with Gasteiger partial charge in [0.05, 0.1) is 11.1 Å². The Hall–Kier alpha value is -3.27. The van der Waals surface area contributed by atoms with Crippen LogP contribution >= 0.6 is 0 Å². The highest BCUT2D eigenvalue weighted by molar-refractivity contribution is 5.89. The molecule has 0 saturated heterocycles. The summed E-state index contributed by atoms with van der Waals surface area (Å²) in [5.74, 6) is -0.462. The van der Waals surface area contributed by atoms with E-state index >= 15 is 0 Å². The predicted molar refractivity (Wildman–Crippen MR) is 93.4 cm³/mol. The average molecular weight is 340 g/mol. The summed E-state index contributed by atoms with van der Waals surface area (Å²) >= 11 is 0. The lowest BCUT2D eigenvalue weighted by molar-refractivity contribution is 0.0697. The molecule has 0 saturated carbocycles. The van der Waals surface area contributed by atoms with Crippen LogP contribution in [-0.2, 0) is 12.1 Å². The first kappa shape index (κ1) is 18.1. The number of aromatic nitrogens is 1. The molecule has 1 heterocycles. The first-order chi connectivity index (χ1) is 11.7. The first-order valence-electron chi connectivity index (χ1n) is 7.71. The number of carbonyl (C=O) groups excluding carboxylic acids is 1. The lowest BCUT2D eigenvalue weighted by Crippen LogP contribution is -2.31. The van der Waals surface area contributed by atoms with Gasteiger partial charge in [0.25, 0.3) is 0 Å². The number of nitrogens with one attached hydrogen (secondary N) is 2. The SMILES string of the molecule is CC(C)(C)n1cc(C#N)cc1NC(=O)NCc1ccc(C(=O)O)cc1. The highest BCUT2D eigenvalue weighted by Gasteiger charge is 2.19. The van der Waals surface area contributed by atoms with E-state index in [9.17, 15) is 9.59 Å². The fourth-order valence-electron chi connectivity index (χ4n) is 2.28. The molecule has 0 aliphatic rings. The molecule has 0 spiro atoms. The smallest absolute Gasteiger partial charge is 0.335 e.